The van der Waals surface area contributed by atoms with Gasteiger partial charge >= 0.3 is 6.09 Å². The number of carbonyl (C=O) groups is 1. The quantitative estimate of drug-likeness (QED) is 0.833. The number of nitrogens with zero attached hydrogens (tertiary/aromatic N) is 3. The van der Waals surface area contributed by atoms with E-state index in [1.54, 1.807) is 0 Å². The third-order valence-corrected chi connectivity index (χ3v) is 2.97. The van der Waals surface area contributed by atoms with Crippen LogP contribution >= 0.6 is 11.6 Å². The number of carboxylic acid groups (broad SMARTS) is 1. The summed E-state index contributed by atoms with van der Waals surface area (Å²) in [4.78, 5) is 19.1. The first-order chi connectivity index (χ1) is 8.58. The predicted octanol–water partition coefficient (Wildman–Crippen LogP) is 1.79. The minimum Gasteiger partial charge on any atom is -0.472 e. The molecule has 0 bridgehead atoms. The van der Waals surface area contributed by atoms with Gasteiger partial charge in [-0.05, 0) is 0 Å². The van der Waals surface area contributed by atoms with Gasteiger partial charge in [-0.1, -0.05) is 11.6 Å². The number of aromatic nitrogens is 2. The lowest BCUT2D eigenvalue weighted by Gasteiger charge is -2.29. The summed E-state index contributed by atoms with van der Waals surface area (Å²) in [5.41, 5.74) is 0. The molecule has 1 saturated heterocycles. The van der Waals surface area contributed by atoms with Crippen LogP contribution in [0.5, 0.6) is 5.88 Å². The number of likely N-dealkylation sites (tertiary alicyclic amines) is 1. The van der Waals surface area contributed by atoms with Crippen molar-refractivity contribution in [3.8, 4) is 5.88 Å². The Morgan fingerprint density at radius 1 is 1.50 bits per heavy atom. The van der Waals surface area contributed by atoms with E-state index in [1.165, 1.54) is 4.90 Å². The number of ether oxygens (including phenoxy) is 1. The fourth-order valence-corrected chi connectivity index (χ4v) is 1.86. The molecule has 1 aromatic rings. The summed E-state index contributed by atoms with van der Waals surface area (Å²) in [5.74, 6) is -0.983. The lowest BCUT2D eigenvalue weighted by atomic mass is 10.1. The highest BCUT2D eigenvalue weighted by Crippen LogP contribution is 2.23. The van der Waals surface area contributed by atoms with E-state index in [1.807, 2.05) is 0 Å². The van der Waals surface area contributed by atoms with E-state index < -0.39 is 11.9 Å². The van der Waals surface area contributed by atoms with Crippen LogP contribution in [0.2, 0.25) is 5.15 Å². The molecular weight excluding hydrogens is 265 g/mol. The zero-order valence-electron chi connectivity index (χ0n) is 9.34. The number of hydrogen-bond donors (Lipinski definition) is 1. The van der Waals surface area contributed by atoms with Crippen molar-refractivity contribution in [3.05, 3.63) is 17.3 Å². The Labute approximate surface area is 107 Å². The van der Waals surface area contributed by atoms with Gasteiger partial charge < -0.3 is 14.7 Å². The molecule has 0 radical (unpaired) electrons. The molecule has 1 aromatic heterocycles. The topological polar surface area (TPSA) is 75.5 Å². The number of hydrogen-bond acceptors (Lipinski definition) is 4. The molecule has 98 valence electrons. The average molecular weight is 276 g/mol. The van der Waals surface area contributed by atoms with Gasteiger partial charge in [-0.25, -0.2) is 9.78 Å². The zero-order chi connectivity index (χ0) is 13.1. The van der Waals surface area contributed by atoms with E-state index in [-0.39, 0.29) is 17.1 Å². The van der Waals surface area contributed by atoms with Gasteiger partial charge in [0.15, 0.2) is 5.15 Å². The monoisotopic (exact) mass is 275 g/mol. The molecule has 2 rings (SSSR count). The van der Waals surface area contributed by atoms with Crippen molar-refractivity contribution in [2.24, 2.45) is 0 Å². The Kier molecular flexibility index (Phi) is 3.81. The Balaban J connectivity index is 1.96. The summed E-state index contributed by atoms with van der Waals surface area (Å²) in [6.45, 7) is 0.723. The van der Waals surface area contributed by atoms with Crippen molar-refractivity contribution in [2.75, 3.05) is 13.1 Å². The first-order valence-electron chi connectivity index (χ1n) is 5.38. The lowest BCUT2D eigenvalue weighted by Crippen LogP contribution is -2.41. The van der Waals surface area contributed by atoms with E-state index in [0.29, 0.717) is 25.9 Å². The maximum absolute atomic E-state index is 13.5. The maximum atomic E-state index is 13.5. The first-order valence-corrected chi connectivity index (χ1v) is 5.76. The molecular formula is C10H11ClFN3O3. The summed E-state index contributed by atoms with van der Waals surface area (Å²) in [6, 6.07) is 0. The van der Waals surface area contributed by atoms with Crippen molar-refractivity contribution in [1.29, 1.82) is 0 Å². The third-order valence-electron chi connectivity index (χ3n) is 2.71. The minimum atomic E-state index is -0.954. The van der Waals surface area contributed by atoms with Crippen LogP contribution < -0.4 is 4.74 Å². The summed E-state index contributed by atoms with van der Waals surface area (Å²) in [5, 5.41) is 8.49. The standard InChI is InChI=1S/C10H11ClFN3O3/c11-8-7(12)9(14-5-13-8)18-6-1-3-15(4-2-6)10(16)17/h5-6H,1-4H2,(H,16,17). The van der Waals surface area contributed by atoms with Gasteiger partial charge in [-0.15, -0.1) is 0 Å². The molecule has 18 heavy (non-hydrogen) atoms. The summed E-state index contributed by atoms with van der Waals surface area (Å²) >= 11 is 5.50. The highest BCUT2D eigenvalue weighted by molar-refractivity contribution is 6.29. The number of halogens is 2. The Hall–Kier alpha value is -1.63. The zero-order valence-corrected chi connectivity index (χ0v) is 10.1. The molecule has 1 N–H and O–H groups in total. The van der Waals surface area contributed by atoms with Crippen LogP contribution in [-0.4, -0.2) is 45.3 Å². The van der Waals surface area contributed by atoms with E-state index in [9.17, 15) is 9.18 Å². The van der Waals surface area contributed by atoms with Crippen LogP contribution in [0.4, 0.5) is 9.18 Å². The van der Waals surface area contributed by atoms with E-state index in [0.717, 1.165) is 6.33 Å². The van der Waals surface area contributed by atoms with Gasteiger partial charge in [-0.3, -0.25) is 0 Å². The maximum Gasteiger partial charge on any atom is 0.407 e. The van der Waals surface area contributed by atoms with Crippen molar-refractivity contribution in [1.82, 2.24) is 14.9 Å². The highest BCUT2D eigenvalue weighted by atomic mass is 35.5. The summed E-state index contributed by atoms with van der Waals surface area (Å²) in [7, 11) is 0. The number of rotatable bonds is 2. The fraction of sp³-hybridized carbons (Fsp3) is 0.500. The SMILES string of the molecule is O=C(O)N1CCC(Oc2ncnc(Cl)c2F)CC1. The van der Waals surface area contributed by atoms with E-state index in [2.05, 4.69) is 9.97 Å². The normalized spacial score (nSPS) is 16.7. The minimum absolute atomic E-state index is 0.191. The van der Waals surface area contributed by atoms with Crippen molar-refractivity contribution >= 4 is 17.7 Å². The molecule has 6 nitrogen and oxygen atoms in total. The second-order valence-corrected chi connectivity index (χ2v) is 4.23. The van der Waals surface area contributed by atoms with Gasteiger partial charge in [0.25, 0.3) is 5.88 Å². The van der Waals surface area contributed by atoms with Crippen LogP contribution in [0.1, 0.15) is 12.8 Å². The molecule has 1 aliphatic rings. The Morgan fingerprint density at radius 2 is 2.17 bits per heavy atom. The lowest BCUT2D eigenvalue weighted by molar-refractivity contribution is 0.0844. The van der Waals surface area contributed by atoms with Gasteiger partial charge in [0, 0.05) is 25.9 Å². The largest absolute Gasteiger partial charge is 0.472 e. The van der Waals surface area contributed by atoms with Crippen LogP contribution in [0.3, 0.4) is 0 Å². The first kappa shape index (κ1) is 12.8. The Morgan fingerprint density at radius 3 is 2.78 bits per heavy atom. The average Bonchev–Trinajstić information content (AvgIpc) is 2.36. The fourth-order valence-electron chi connectivity index (χ4n) is 1.74. The smallest absolute Gasteiger partial charge is 0.407 e. The van der Waals surface area contributed by atoms with Crippen molar-refractivity contribution in [2.45, 2.75) is 18.9 Å². The predicted molar refractivity (Wildman–Crippen MR) is 60.2 cm³/mol. The molecule has 0 spiro atoms. The molecule has 8 heteroatoms. The van der Waals surface area contributed by atoms with Crippen LogP contribution in [-0.2, 0) is 0 Å². The van der Waals surface area contributed by atoms with Gasteiger partial charge in [0.2, 0.25) is 5.82 Å². The molecule has 1 amide bonds. The molecule has 1 aliphatic heterocycles. The molecule has 2 heterocycles. The summed E-state index contributed by atoms with van der Waals surface area (Å²) < 4.78 is 18.8. The van der Waals surface area contributed by atoms with Gasteiger partial charge in [-0.2, -0.15) is 9.37 Å². The molecule has 0 saturated carbocycles. The molecule has 0 atom stereocenters. The summed E-state index contributed by atoms with van der Waals surface area (Å²) in [6.07, 6.45) is 0.888. The van der Waals surface area contributed by atoms with Crippen molar-refractivity contribution in [3.63, 3.8) is 0 Å². The van der Waals surface area contributed by atoms with Crippen LogP contribution in [0, 0.1) is 5.82 Å². The van der Waals surface area contributed by atoms with Gasteiger partial charge in [0.1, 0.15) is 12.4 Å². The number of amides is 1. The van der Waals surface area contributed by atoms with E-state index >= 15 is 0 Å². The molecule has 0 aromatic carbocycles. The molecule has 1 fully saturated rings. The van der Waals surface area contributed by atoms with Crippen LogP contribution in [0.15, 0.2) is 6.33 Å². The molecule has 0 unspecified atom stereocenters. The number of piperidine rings is 1. The van der Waals surface area contributed by atoms with Crippen LogP contribution in [0.25, 0.3) is 0 Å². The second kappa shape index (κ2) is 5.34. The molecule has 0 aliphatic carbocycles. The second-order valence-electron chi connectivity index (χ2n) is 3.87. The van der Waals surface area contributed by atoms with E-state index in [4.69, 9.17) is 21.4 Å². The third kappa shape index (κ3) is 2.79. The Bertz CT molecular complexity index is 452. The highest BCUT2D eigenvalue weighted by Gasteiger charge is 2.25. The van der Waals surface area contributed by atoms with Crippen molar-refractivity contribution < 1.29 is 19.0 Å². The van der Waals surface area contributed by atoms with Gasteiger partial charge in [0.05, 0.1) is 0 Å².